The van der Waals surface area contributed by atoms with Crippen LogP contribution in [0.1, 0.15) is 43.0 Å². The van der Waals surface area contributed by atoms with Crippen LogP contribution in [0.3, 0.4) is 0 Å². The van der Waals surface area contributed by atoms with E-state index in [1.807, 2.05) is 32.3 Å². The highest BCUT2D eigenvalue weighted by atomic mass is 15.3. The smallest absolute Gasteiger partial charge is 0.147 e. The van der Waals surface area contributed by atoms with Crippen molar-refractivity contribution >= 4 is 0 Å². The Labute approximate surface area is 132 Å². The molecule has 1 aliphatic heterocycles. The average molecular weight is 299 g/mol. The molecule has 0 saturated carbocycles. The van der Waals surface area contributed by atoms with Gasteiger partial charge in [-0.1, -0.05) is 6.07 Å². The molecule has 0 spiro atoms. The molecule has 3 rings (SSSR count). The third-order valence-corrected chi connectivity index (χ3v) is 4.66. The molecule has 0 unspecified atom stereocenters. The Balaban J connectivity index is 1.65. The first kappa shape index (κ1) is 15.2. The molecule has 1 aliphatic rings. The maximum atomic E-state index is 4.51. The largest absolute Gasteiger partial charge is 0.296 e. The van der Waals surface area contributed by atoms with Crippen LogP contribution in [-0.2, 0) is 6.54 Å². The molecule has 2 atom stereocenters. The van der Waals surface area contributed by atoms with E-state index >= 15 is 0 Å². The minimum Gasteiger partial charge on any atom is -0.296 e. The molecule has 1 fully saturated rings. The van der Waals surface area contributed by atoms with Crippen molar-refractivity contribution in [1.82, 2.24) is 24.6 Å². The van der Waals surface area contributed by atoms with Crippen LogP contribution in [0.5, 0.6) is 0 Å². The monoisotopic (exact) mass is 299 g/mol. The van der Waals surface area contributed by atoms with Crippen LogP contribution in [0.15, 0.2) is 24.5 Å². The fourth-order valence-corrected chi connectivity index (χ4v) is 3.41. The van der Waals surface area contributed by atoms with Crippen molar-refractivity contribution in [2.24, 2.45) is 5.92 Å². The van der Waals surface area contributed by atoms with E-state index in [4.69, 9.17) is 0 Å². The third-order valence-electron chi connectivity index (χ3n) is 4.66. The van der Waals surface area contributed by atoms with Gasteiger partial charge in [0, 0.05) is 31.5 Å². The van der Waals surface area contributed by atoms with E-state index in [2.05, 4.69) is 37.6 Å². The zero-order chi connectivity index (χ0) is 15.5. The van der Waals surface area contributed by atoms with Crippen LogP contribution in [-0.4, -0.2) is 37.7 Å². The summed E-state index contributed by atoms with van der Waals surface area (Å²) in [6.07, 6.45) is 6.35. The van der Waals surface area contributed by atoms with Crippen LogP contribution in [0.4, 0.5) is 0 Å². The molecule has 5 nitrogen and oxygen atoms in total. The molecule has 3 heterocycles. The van der Waals surface area contributed by atoms with Crippen molar-refractivity contribution in [1.29, 1.82) is 0 Å². The average Bonchev–Trinajstić information content (AvgIpc) is 2.85. The standard InChI is InChI=1S/C17H25N5/c1-13(17-7-4-8-18-10-17)21-9-5-6-16(11-21)12-22-15(3)19-14(2)20-22/h4,7-8,10,13,16H,5-6,9,11-12H2,1-3H3/t13-,16+/m0/s1. The molecule has 0 bridgehead atoms. The lowest BCUT2D eigenvalue weighted by Crippen LogP contribution is -2.38. The molecule has 0 amide bonds. The summed E-state index contributed by atoms with van der Waals surface area (Å²) in [7, 11) is 0. The van der Waals surface area contributed by atoms with E-state index in [-0.39, 0.29) is 0 Å². The van der Waals surface area contributed by atoms with E-state index in [1.54, 1.807) is 0 Å². The van der Waals surface area contributed by atoms with E-state index in [9.17, 15) is 0 Å². The number of rotatable bonds is 4. The maximum Gasteiger partial charge on any atom is 0.147 e. The van der Waals surface area contributed by atoms with Gasteiger partial charge in [-0.25, -0.2) is 9.67 Å². The van der Waals surface area contributed by atoms with Crippen molar-refractivity contribution < 1.29 is 0 Å². The Bertz CT molecular complexity index is 607. The van der Waals surface area contributed by atoms with E-state index in [0.29, 0.717) is 12.0 Å². The Hall–Kier alpha value is -1.75. The summed E-state index contributed by atoms with van der Waals surface area (Å²) in [5.41, 5.74) is 1.30. The Kier molecular flexibility index (Phi) is 4.52. The highest BCUT2D eigenvalue weighted by Crippen LogP contribution is 2.27. The van der Waals surface area contributed by atoms with Gasteiger partial charge in [-0.2, -0.15) is 5.10 Å². The molecule has 0 radical (unpaired) electrons. The molecule has 1 saturated heterocycles. The zero-order valence-corrected chi connectivity index (χ0v) is 13.7. The van der Waals surface area contributed by atoms with Crippen molar-refractivity contribution in [3.05, 3.63) is 41.7 Å². The van der Waals surface area contributed by atoms with Crippen molar-refractivity contribution in [3.63, 3.8) is 0 Å². The van der Waals surface area contributed by atoms with Gasteiger partial charge >= 0.3 is 0 Å². The first-order chi connectivity index (χ1) is 10.6. The van der Waals surface area contributed by atoms with E-state index < -0.39 is 0 Å². The van der Waals surface area contributed by atoms with Gasteiger partial charge in [0.05, 0.1) is 0 Å². The van der Waals surface area contributed by atoms with Crippen molar-refractivity contribution in [3.8, 4) is 0 Å². The van der Waals surface area contributed by atoms with Crippen LogP contribution in [0, 0.1) is 19.8 Å². The van der Waals surface area contributed by atoms with Gasteiger partial charge in [0.25, 0.3) is 0 Å². The number of likely N-dealkylation sites (tertiary alicyclic amines) is 1. The summed E-state index contributed by atoms with van der Waals surface area (Å²) >= 11 is 0. The number of aromatic nitrogens is 4. The molecule has 0 aromatic carbocycles. The highest BCUT2D eigenvalue weighted by Gasteiger charge is 2.25. The summed E-state index contributed by atoms with van der Waals surface area (Å²) in [6, 6.07) is 4.62. The summed E-state index contributed by atoms with van der Waals surface area (Å²) in [5.74, 6) is 2.54. The van der Waals surface area contributed by atoms with Gasteiger partial charge in [-0.15, -0.1) is 0 Å². The summed E-state index contributed by atoms with van der Waals surface area (Å²) in [4.78, 5) is 11.2. The SMILES string of the molecule is Cc1nc(C)n(C[C@@H]2CCCN([C@@H](C)c3cccnc3)C2)n1. The first-order valence-corrected chi connectivity index (χ1v) is 8.15. The lowest BCUT2D eigenvalue weighted by Gasteiger charge is -2.37. The molecule has 5 heteroatoms. The van der Waals surface area contributed by atoms with Crippen molar-refractivity contribution in [2.45, 2.75) is 46.2 Å². The molecule has 2 aromatic heterocycles. The van der Waals surface area contributed by atoms with Crippen molar-refractivity contribution in [2.75, 3.05) is 13.1 Å². The topological polar surface area (TPSA) is 46.8 Å². The second-order valence-electron chi connectivity index (χ2n) is 6.35. The minimum absolute atomic E-state index is 0.426. The zero-order valence-electron chi connectivity index (χ0n) is 13.7. The Morgan fingerprint density at radius 3 is 2.91 bits per heavy atom. The number of hydrogen-bond donors (Lipinski definition) is 0. The van der Waals surface area contributed by atoms with Gasteiger partial charge in [0.15, 0.2) is 0 Å². The van der Waals surface area contributed by atoms with Gasteiger partial charge in [-0.3, -0.25) is 9.88 Å². The van der Waals surface area contributed by atoms with Crippen LogP contribution < -0.4 is 0 Å². The quantitative estimate of drug-likeness (QED) is 0.871. The van der Waals surface area contributed by atoms with Gasteiger partial charge in [0.2, 0.25) is 0 Å². The number of nitrogens with zero attached hydrogens (tertiary/aromatic N) is 5. The fraction of sp³-hybridized carbons (Fsp3) is 0.588. The fourth-order valence-electron chi connectivity index (χ4n) is 3.41. The summed E-state index contributed by atoms with van der Waals surface area (Å²) < 4.78 is 2.07. The molecule has 118 valence electrons. The van der Waals surface area contributed by atoms with Gasteiger partial charge in [0.1, 0.15) is 11.6 Å². The Morgan fingerprint density at radius 1 is 1.36 bits per heavy atom. The minimum atomic E-state index is 0.426. The van der Waals surface area contributed by atoms with Crippen LogP contribution >= 0.6 is 0 Å². The molecular weight excluding hydrogens is 274 g/mol. The summed E-state index contributed by atoms with van der Waals surface area (Å²) in [5, 5.41) is 4.51. The molecule has 0 aliphatic carbocycles. The predicted octanol–water partition coefficient (Wildman–Crippen LogP) is 2.76. The number of pyridine rings is 1. The van der Waals surface area contributed by atoms with Gasteiger partial charge < -0.3 is 0 Å². The second kappa shape index (κ2) is 6.57. The predicted molar refractivity (Wildman–Crippen MR) is 86.4 cm³/mol. The first-order valence-electron chi connectivity index (χ1n) is 8.15. The lowest BCUT2D eigenvalue weighted by atomic mass is 9.95. The maximum absolute atomic E-state index is 4.51. The highest BCUT2D eigenvalue weighted by molar-refractivity contribution is 5.13. The van der Waals surface area contributed by atoms with Gasteiger partial charge in [-0.05, 0) is 57.7 Å². The molecule has 2 aromatic rings. The summed E-state index contributed by atoms with van der Waals surface area (Å²) in [6.45, 7) is 9.55. The second-order valence-corrected chi connectivity index (χ2v) is 6.35. The third kappa shape index (κ3) is 3.35. The molecular formula is C17H25N5. The van der Waals surface area contributed by atoms with E-state index in [0.717, 1.165) is 24.7 Å². The van der Waals surface area contributed by atoms with Crippen LogP contribution in [0.2, 0.25) is 0 Å². The van der Waals surface area contributed by atoms with Crippen LogP contribution in [0.25, 0.3) is 0 Å². The lowest BCUT2D eigenvalue weighted by molar-refractivity contribution is 0.120. The van der Waals surface area contributed by atoms with E-state index in [1.165, 1.54) is 24.9 Å². The number of piperidine rings is 1. The normalized spacial score (nSPS) is 21.0. The molecule has 0 N–H and O–H groups in total. The number of aryl methyl sites for hydroxylation is 2. The Morgan fingerprint density at radius 2 is 2.23 bits per heavy atom. The molecule has 22 heavy (non-hydrogen) atoms. The number of hydrogen-bond acceptors (Lipinski definition) is 4.